The van der Waals surface area contributed by atoms with Crippen LogP contribution in [0.15, 0.2) is 22.7 Å². The minimum atomic E-state index is 0.409. The summed E-state index contributed by atoms with van der Waals surface area (Å²) in [5, 5.41) is 3.21. The van der Waals surface area contributed by atoms with E-state index in [9.17, 15) is 0 Å². The Labute approximate surface area is 117 Å². The normalized spacial score (nSPS) is 22.6. The second-order valence-corrected chi connectivity index (χ2v) is 5.70. The average Bonchev–Trinajstić information content (AvgIpc) is 2.32. The first-order chi connectivity index (χ1) is 8.72. The first kappa shape index (κ1) is 13.8. The first-order valence-corrected chi connectivity index (χ1v) is 7.11. The van der Waals surface area contributed by atoms with Crippen LogP contribution in [0.4, 0.5) is 0 Å². The summed E-state index contributed by atoms with van der Waals surface area (Å²) < 4.78 is 12.3. The van der Waals surface area contributed by atoms with Gasteiger partial charge < -0.3 is 14.8 Å². The minimum Gasteiger partial charge on any atom is -0.496 e. The molecule has 0 aliphatic heterocycles. The van der Waals surface area contributed by atoms with E-state index in [1.54, 1.807) is 7.11 Å². The monoisotopic (exact) mass is 313 g/mol. The second kappa shape index (κ2) is 6.55. The molecule has 1 aliphatic rings. The van der Waals surface area contributed by atoms with Gasteiger partial charge in [0.05, 0.1) is 19.8 Å². The molecule has 0 bridgehead atoms. The van der Waals surface area contributed by atoms with Crippen molar-refractivity contribution in [2.75, 3.05) is 20.7 Å². The van der Waals surface area contributed by atoms with E-state index in [1.165, 1.54) is 0 Å². The molecule has 0 unspecified atom stereocenters. The Balaban J connectivity index is 1.82. The van der Waals surface area contributed by atoms with Crippen molar-refractivity contribution in [1.82, 2.24) is 5.32 Å². The lowest BCUT2D eigenvalue weighted by Gasteiger charge is -2.35. The molecular weight excluding hydrogens is 294 g/mol. The highest BCUT2D eigenvalue weighted by Crippen LogP contribution is 2.31. The highest BCUT2D eigenvalue weighted by Gasteiger charge is 2.29. The van der Waals surface area contributed by atoms with Gasteiger partial charge in [-0.05, 0) is 50.6 Å². The highest BCUT2D eigenvalue weighted by atomic mass is 79.9. The Morgan fingerprint density at radius 2 is 2.17 bits per heavy atom. The van der Waals surface area contributed by atoms with Gasteiger partial charge in [-0.2, -0.15) is 0 Å². The van der Waals surface area contributed by atoms with Gasteiger partial charge in [0.2, 0.25) is 0 Å². The molecule has 0 spiro atoms. The molecule has 1 aromatic carbocycles. The van der Waals surface area contributed by atoms with Crippen molar-refractivity contribution in [3.63, 3.8) is 0 Å². The van der Waals surface area contributed by atoms with Crippen LogP contribution in [0, 0.1) is 5.92 Å². The molecule has 3 nitrogen and oxygen atoms in total. The van der Waals surface area contributed by atoms with Gasteiger partial charge in [-0.25, -0.2) is 0 Å². The van der Waals surface area contributed by atoms with E-state index in [0.717, 1.165) is 41.1 Å². The van der Waals surface area contributed by atoms with E-state index >= 15 is 0 Å². The van der Waals surface area contributed by atoms with Crippen molar-refractivity contribution in [3.05, 3.63) is 28.2 Å². The lowest BCUT2D eigenvalue weighted by Crippen LogP contribution is -2.36. The molecular formula is C14H20BrNO2. The summed E-state index contributed by atoms with van der Waals surface area (Å²) in [6.07, 6.45) is 2.74. The van der Waals surface area contributed by atoms with Crippen molar-refractivity contribution in [2.24, 2.45) is 5.92 Å². The Hall–Kier alpha value is -0.580. The third kappa shape index (κ3) is 3.46. The number of rotatable bonds is 6. The van der Waals surface area contributed by atoms with Crippen LogP contribution in [-0.4, -0.2) is 26.8 Å². The van der Waals surface area contributed by atoms with Crippen LogP contribution in [0.25, 0.3) is 0 Å². The van der Waals surface area contributed by atoms with Crippen molar-refractivity contribution in [3.8, 4) is 5.75 Å². The third-order valence-corrected chi connectivity index (χ3v) is 3.90. The largest absolute Gasteiger partial charge is 0.496 e. The molecule has 1 aliphatic carbocycles. The summed E-state index contributed by atoms with van der Waals surface area (Å²) in [4.78, 5) is 0. The maximum atomic E-state index is 5.91. The molecule has 0 amide bonds. The molecule has 2 rings (SSSR count). The zero-order valence-electron chi connectivity index (χ0n) is 10.9. The molecule has 0 atom stereocenters. The lowest BCUT2D eigenvalue weighted by atomic mass is 9.82. The fourth-order valence-electron chi connectivity index (χ4n) is 2.33. The Kier molecular flexibility index (Phi) is 5.03. The summed E-state index contributed by atoms with van der Waals surface area (Å²) in [5.41, 5.74) is 1.10. The van der Waals surface area contributed by atoms with Crippen molar-refractivity contribution in [1.29, 1.82) is 0 Å². The van der Waals surface area contributed by atoms with E-state index in [4.69, 9.17) is 9.47 Å². The van der Waals surface area contributed by atoms with Gasteiger partial charge in [0.15, 0.2) is 0 Å². The summed E-state index contributed by atoms with van der Waals surface area (Å²) >= 11 is 3.47. The zero-order valence-corrected chi connectivity index (χ0v) is 12.5. The maximum absolute atomic E-state index is 5.91. The van der Waals surface area contributed by atoms with Gasteiger partial charge >= 0.3 is 0 Å². The number of hydrogen-bond acceptors (Lipinski definition) is 3. The first-order valence-electron chi connectivity index (χ1n) is 6.31. The SMILES string of the molecule is CNCC1CC(OCc2cc(Br)ccc2OC)C1. The number of methoxy groups -OCH3 is 1. The van der Waals surface area contributed by atoms with Crippen molar-refractivity contribution >= 4 is 15.9 Å². The number of benzene rings is 1. The zero-order chi connectivity index (χ0) is 13.0. The smallest absolute Gasteiger partial charge is 0.124 e. The van der Waals surface area contributed by atoms with Gasteiger partial charge in [-0.15, -0.1) is 0 Å². The van der Waals surface area contributed by atoms with E-state index in [0.29, 0.717) is 12.7 Å². The van der Waals surface area contributed by atoms with Crippen molar-refractivity contribution in [2.45, 2.75) is 25.6 Å². The predicted octanol–water partition coefficient (Wildman–Crippen LogP) is 2.97. The Bertz CT molecular complexity index is 391. The third-order valence-electron chi connectivity index (χ3n) is 3.40. The van der Waals surface area contributed by atoms with E-state index in [2.05, 4.69) is 27.3 Å². The van der Waals surface area contributed by atoms with E-state index in [-0.39, 0.29) is 0 Å². The van der Waals surface area contributed by atoms with Gasteiger partial charge in [0.1, 0.15) is 5.75 Å². The Morgan fingerprint density at radius 1 is 1.39 bits per heavy atom. The summed E-state index contributed by atoms with van der Waals surface area (Å²) in [5.74, 6) is 1.67. The van der Waals surface area contributed by atoms with Gasteiger partial charge in [-0.3, -0.25) is 0 Å². The van der Waals surface area contributed by atoms with Gasteiger partial charge in [0, 0.05) is 10.0 Å². The van der Waals surface area contributed by atoms with E-state index in [1.807, 2.05) is 19.2 Å². The van der Waals surface area contributed by atoms with Crippen LogP contribution in [0.5, 0.6) is 5.75 Å². The van der Waals surface area contributed by atoms with Gasteiger partial charge in [-0.1, -0.05) is 15.9 Å². The second-order valence-electron chi connectivity index (χ2n) is 4.78. The Morgan fingerprint density at radius 3 is 2.83 bits per heavy atom. The van der Waals surface area contributed by atoms with Crippen LogP contribution in [0.3, 0.4) is 0 Å². The van der Waals surface area contributed by atoms with Crippen LogP contribution in [0.2, 0.25) is 0 Å². The number of nitrogens with one attached hydrogen (secondary N) is 1. The number of ether oxygens (including phenoxy) is 2. The highest BCUT2D eigenvalue weighted by molar-refractivity contribution is 9.10. The molecule has 0 saturated heterocycles. The van der Waals surface area contributed by atoms with Crippen LogP contribution >= 0.6 is 15.9 Å². The fraction of sp³-hybridized carbons (Fsp3) is 0.571. The average molecular weight is 314 g/mol. The molecule has 1 N–H and O–H groups in total. The molecule has 0 radical (unpaired) electrons. The molecule has 1 aromatic rings. The molecule has 100 valence electrons. The summed E-state index contributed by atoms with van der Waals surface area (Å²) in [6.45, 7) is 1.72. The molecule has 4 heteroatoms. The topological polar surface area (TPSA) is 30.5 Å². The lowest BCUT2D eigenvalue weighted by molar-refractivity contribution is -0.0396. The summed E-state index contributed by atoms with van der Waals surface area (Å²) in [7, 11) is 3.69. The van der Waals surface area contributed by atoms with E-state index < -0.39 is 0 Å². The standard InChI is InChI=1S/C14H20BrNO2/c1-16-8-10-5-13(6-10)18-9-11-7-12(15)3-4-14(11)17-2/h3-4,7,10,13,16H,5-6,8-9H2,1-2H3. The molecule has 18 heavy (non-hydrogen) atoms. The number of halogens is 1. The maximum Gasteiger partial charge on any atom is 0.124 e. The predicted molar refractivity (Wildman–Crippen MR) is 75.9 cm³/mol. The van der Waals surface area contributed by atoms with Crippen molar-refractivity contribution < 1.29 is 9.47 Å². The molecule has 1 fully saturated rings. The van der Waals surface area contributed by atoms with Crippen LogP contribution < -0.4 is 10.1 Å². The minimum absolute atomic E-state index is 0.409. The van der Waals surface area contributed by atoms with Crippen LogP contribution in [-0.2, 0) is 11.3 Å². The van der Waals surface area contributed by atoms with Gasteiger partial charge in [0.25, 0.3) is 0 Å². The quantitative estimate of drug-likeness (QED) is 0.876. The fourth-order valence-corrected chi connectivity index (χ4v) is 2.74. The molecule has 0 heterocycles. The molecule has 0 aromatic heterocycles. The molecule has 1 saturated carbocycles. The van der Waals surface area contributed by atoms with Crippen LogP contribution in [0.1, 0.15) is 18.4 Å². The summed E-state index contributed by atoms with van der Waals surface area (Å²) in [6, 6.07) is 6.00. The number of hydrogen-bond donors (Lipinski definition) is 1.